The van der Waals surface area contributed by atoms with Crippen molar-refractivity contribution in [2.45, 2.75) is 6.92 Å². The first-order chi connectivity index (χ1) is 12.0. The van der Waals surface area contributed by atoms with E-state index in [-0.39, 0.29) is 12.5 Å². The van der Waals surface area contributed by atoms with E-state index in [2.05, 4.69) is 26.3 Å². The van der Waals surface area contributed by atoms with Crippen LogP contribution in [0.25, 0.3) is 5.69 Å². The topological polar surface area (TPSA) is 56.1 Å². The Morgan fingerprint density at radius 2 is 2.04 bits per heavy atom. The summed E-state index contributed by atoms with van der Waals surface area (Å²) in [6.45, 7) is 1.61. The zero-order chi connectivity index (χ0) is 17.8. The van der Waals surface area contributed by atoms with Crippen molar-refractivity contribution < 1.29 is 13.9 Å². The zero-order valence-electron chi connectivity index (χ0n) is 13.4. The van der Waals surface area contributed by atoms with Crippen LogP contribution in [0.4, 0.5) is 10.2 Å². The fourth-order valence-corrected chi connectivity index (χ4v) is 2.66. The van der Waals surface area contributed by atoms with Crippen LogP contribution in [-0.2, 0) is 4.79 Å². The van der Waals surface area contributed by atoms with E-state index in [1.807, 2.05) is 31.2 Å². The van der Waals surface area contributed by atoms with Crippen molar-refractivity contribution in [2.24, 2.45) is 0 Å². The van der Waals surface area contributed by atoms with Gasteiger partial charge >= 0.3 is 0 Å². The van der Waals surface area contributed by atoms with Gasteiger partial charge in [-0.25, -0.2) is 9.07 Å². The van der Waals surface area contributed by atoms with Gasteiger partial charge in [-0.3, -0.25) is 4.79 Å². The number of ether oxygens (including phenoxy) is 1. The molecule has 0 saturated heterocycles. The molecule has 5 nitrogen and oxygen atoms in total. The monoisotopic (exact) mass is 403 g/mol. The van der Waals surface area contributed by atoms with Crippen molar-refractivity contribution in [1.82, 2.24) is 9.78 Å². The minimum Gasteiger partial charge on any atom is -0.484 e. The van der Waals surface area contributed by atoms with Gasteiger partial charge in [0, 0.05) is 16.6 Å². The van der Waals surface area contributed by atoms with Crippen LogP contribution in [0.15, 0.2) is 59.1 Å². The SMILES string of the molecule is Cc1cc(NC(=O)COc2cccc(F)c2)n(-c2cccc(Br)c2)n1. The second-order valence-corrected chi connectivity index (χ2v) is 6.27. The van der Waals surface area contributed by atoms with E-state index >= 15 is 0 Å². The van der Waals surface area contributed by atoms with Crippen LogP contribution < -0.4 is 10.1 Å². The summed E-state index contributed by atoms with van der Waals surface area (Å²) >= 11 is 3.42. The summed E-state index contributed by atoms with van der Waals surface area (Å²) in [7, 11) is 0. The third-order valence-corrected chi connectivity index (χ3v) is 3.81. The fraction of sp³-hybridized carbons (Fsp3) is 0.111. The summed E-state index contributed by atoms with van der Waals surface area (Å²) in [5.41, 5.74) is 1.57. The molecule has 0 atom stereocenters. The van der Waals surface area contributed by atoms with Gasteiger partial charge in [0.1, 0.15) is 17.4 Å². The zero-order valence-corrected chi connectivity index (χ0v) is 15.0. The predicted octanol–water partition coefficient (Wildman–Crippen LogP) is 4.10. The number of halogens is 2. The summed E-state index contributed by atoms with van der Waals surface area (Å²) < 4.78 is 21.0. The Labute approximate surface area is 152 Å². The number of aromatic nitrogens is 2. The molecular weight excluding hydrogens is 389 g/mol. The molecule has 1 N–H and O–H groups in total. The summed E-state index contributed by atoms with van der Waals surface area (Å²) in [6, 6.07) is 15.0. The highest BCUT2D eigenvalue weighted by molar-refractivity contribution is 9.10. The minimum atomic E-state index is -0.415. The van der Waals surface area contributed by atoms with Gasteiger partial charge in [0.2, 0.25) is 0 Å². The van der Waals surface area contributed by atoms with E-state index in [1.165, 1.54) is 18.2 Å². The van der Waals surface area contributed by atoms with Crippen LogP contribution in [0.3, 0.4) is 0 Å². The number of aryl methyl sites for hydroxylation is 1. The Morgan fingerprint density at radius 1 is 1.24 bits per heavy atom. The molecule has 2 aromatic carbocycles. The van der Waals surface area contributed by atoms with Crippen molar-refractivity contribution in [1.29, 1.82) is 0 Å². The van der Waals surface area contributed by atoms with E-state index in [0.717, 1.165) is 15.9 Å². The Morgan fingerprint density at radius 3 is 2.80 bits per heavy atom. The lowest BCUT2D eigenvalue weighted by Crippen LogP contribution is -2.21. The normalized spacial score (nSPS) is 10.5. The first-order valence-corrected chi connectivity index (χ1v) is 8.31. The smallest absolute Gasteiger partial charge is 0.263 e. The van der Waals surface area contributed by atoms with E-state index in [1.54, 1.807) is 16.8 Å². The highest BCUT2D eigenvalue weighted by atomic mass is 79.9. The third kappa shape index (κ3) is 4.45. The molecule has 0 aliphatic heterocycles. The number of rotatable bonds is 5. The van der Waals surface area contributed by atoms with Gasteiger partial charge in [-0.1, -0.05) is 28.1 Å². The Bertz CT molecular complexity index is 911. The van der Waals surface area contributed by atoms with Crippen LogP contribution in [0.5, 0.6) is 5.75 Å². The molecule has 1 heterocycles. The number of nitrogens with one attached hydrogen (secondary N) is 1. The lowest BCUT2D eigenvalue weighted by molar-refractivity contribution is -0.118. The van der Waals surface area contributed by atoms with Gasteiger partial charge < -0.3 is 10.1 Å². The van der Waals surface area contributed by atoms with Crippen molar-refractivity contribution in [3.8, 4) is 11.4 Å². The van der Waals surface area contributed by atoms with E-state index < -0.39 is 5.82 Å². The fourth-order valence-electron chi connectivity index (χ4n) is 2.28. The average molecular weight is 404 g/mol. The lowest BCUT2D eigenvalue weighted by Gasteiger charge is -2.10. The van der Waals surface area contributed by atoms with Crippen LogP contribution in [-0.4, -0.2) is 22.3 Å². The number of anilines is 1. The Kier molecular flexibility index (Phi) is 5.14. The molecule has 3 aromatic rings. The molecule has 0 aliphatic rings. The van der Waals surface area contributed by atoms with Gasteiger partial charge in [-0.2, -0.15) is 5.10 Å². The predicted molar refractivity (Wildman–Crippen MR) is 96.5 cm³/mol. The molecule has 3 rings (SSSR count). The largest absolute Gasteiger partial charge is 0.484 e. The summed E-state index contributed by atoms with van der Waals surface area (Å²) in [6.07, 6.45) is 0. The molecule has 25 heavy (non-hydrogen) atoms. The van der Waals surface area contributed by atoms with Crippen LogP contribution >= 0.6 is 15.9 Å². The van der Waals surface area contributed by atoms with E-state index in [9.17, 15) is 9.18 Å². The number of benzene rings is 2. The van der Waals surface area contributed by atoms with Gasteiger partial charge in [-0.15, -0.1) is 0 Å². The number of amides is 1. The van der Waals surface area contributed by atoms with Crippen LogP contribution in [0.2, 0.25) is 0 Å². The van der Waals surface area contributed by atoms with Crippen molar-refractivity contribution in [3.63, 3.8) is 0 Å². The first-order valence-electron chi connectivity index (χ1n) is 7.52. The number of nitrogens with zero attached hydrogens (tertiary/aromatic N) is 2. The Balaban J connectivity index is 1.71. The third-order valence-electron chi connectivity index (χ3n) is 3.32. The maximum Gasteiger partial charge on any atom is 0.263 e. The van der Waals surface area contributed by atoms with Crippen molar-refractivity contribution >= 4 is 27.7 Å². The number of carbonyl (C=O) groups excluding carboxylic acids is 1. The first kappa shape index (κ1) is 17.2. The highest BCUT2D eigenvalue weighted by Crippen LogP contribution is 2.20. The summed E-state index contributed by atoms with van der Waals surface area (Å²) in [5.74, 6) is 0.0527. The van der Waals surface area contributed by atoms with E-state index in [0.29, 0.717) is 11.6 Å². The second kappa shape index (κ2) is 7.48. The standard InChI is InChI=1S/C18H15BrFN3O2/c1-12-8-17(23(22-12)15-6-2-4-13(19)9-15)21-18(24)11-25-16-7-3-5-14(20)10-16/h2-10H,11H2,1H3,(H,21,24). The number of hydrogen-bond acceptors (Lipinski definition) is 3. The molecule has 7 heteroatoms. The number of hydrogen-bond donors (Lipinski definition) is 1. The second-order valence-electron chi connectivity index (χ2n) is 5.36. The molecule has 0 saturated carbocycles. The van der Waals surface area contributed by atoms with Crippen molar-refractivity contribution in [3.05, 3.63) is 70.6 Å². The van der Waals surface area contributed by atoms with E-state index in [4.69, 9.17) is 4.74 Å². The molecule has 0 unspecified atom stereocenters. The molecule has 128 valence electrons. The lowest BCUT2D eigenvalue weighted by atomic mass is 10.3. The molecule has 0 fully saturated rings. The van der Waals surface area contributed by atoms with Gasteiger partial charge in [0.05, 0.1) is 11.4 Å². The van der Waals surface area contributed by atoms with Gasteiger partial charge in [0.25, 0.3) is 5.91 Å². The minimum absolute atomic E-state index is 0.230. The van der Waals surface area contributed by atoms with Crippen molar-refractivity contribution in [2.75, 3.05) is 11.9 Å². The molecule has 0 radical (unpaired) electrons. The molecule has 0 spiro atoms. The Hall–Kier alpha value is -2.67. The highest BCUT2D eigenvalue weighted by Gasteiger charge is 2.12. The quantitative estimate of drug-likeness (QED) is 0.697. The van der Waals surface area contributed by atoms with Crippen LogP contribution in [0.1, 0.15) is 5.69 Å². The van der Waals surface area contributed by atoms with Crippen LogP contribution in [0, 0.1) is 12.7 Å². The average Bonchev–Trinajstić information content (AvgIpc) is 2.93. The molecule has 1 amide bonds. The molecule has 0 aliphatic carbocycles. The maximum absolute atomic E-state index is 13.1. The number of carbonyl (C=O) groups is 1. The maximum atomic E-state index is 13.1. The summed E-state index contributed by atoms with van der Waals surface area (Å²) in [5, 5.41) is 7.16. The molecule has 1 aromatic heterocycles. The van der Waals surface area contributed by atoms with Gasteiger partial charge in [0.15, 0.2) is 6.61 Å². The summed E-state index contributed by atoms with van der Waals surface area (Å²) in [4.78, 5) is 12.2. The van der Waals surface area contributed by atoms with Gasteiger partial charge in [-0.05, 0) is 37.3 Å². The molecular formula is C18H15BrFN3O2. The molecule has 0 bridgehead atoms.